The van der Waals surface area contributed by atoms with Gasteiger partial charge in [0.2, 0.25) is 0 Å². The second-order valence-corrected chi connectivity index (χ2v) is 6.30. The van der Waals surface area contributed by atoms with Crippen LogP contribution < -0.4 is 10.5 Å². The van der Waals surface area contributed by atoms with Crippen LogP contribution in [0.25, 0.3) is 0 Å². The van der Waals surface area contributed by atoms with E-state index in [-0.39, 0.29) is 6.09 Å². The van der Waals surface area contributed by atoms with E-state index in [4.69, 9.17) is 4.74 Å². The first-order chi connectivity index (χ1) is 9.89. The number of nitrogens with zero attached hydrogens (tertiary/aromatic N) is 3. The summed E-state index contributed by atoms with van der Waals surface area (Å²) in [5, 5.41) is 0. The molecule has 1 aromatic rings. The lowest BCUT2D eigenvalue weighted by molar-refractivity contribution is 0.0240. The molecule has 2 rings (SSSR count). The Morgan fingerprint density at radius 3 is 2.48 bits per heavy atom. The van der Waals surface area contributed by atoms with Crippen molar-refractivity contribution in [1.82, 2.24) is 9.88 Å². The van der Waals surface area contributed by atoms with Crippen molar-refractivity contribution in [2.75, 3.05) is 31.1 Å². The van der Waals surface area contributed by atoms with Gasteiger partial charge in [-0.15, -0.1) is 0 Å². The highest BCUT2D eigenvalue weighted by Gasteiger charge is 2.26. The number of hydrogen-bond donors (Lipinski definition) is 0. The molecule has 1 aliphatic rings. The molecular formula is C15H24BN3O2. The predicted octanol–water partition coefficient (Wildman–Crippen LogP) is 1.25. The molecule has 1 aliphatic heterocycles. The predicted molar refractivity (Wildman–Crippen MR) is 86.9 cm³/mol. The molecule has 1 saturated heterocycles. The zero-order valence-corrected chi connectivity index (χ0v) is 13.4. The van der Waals surface area contributed by atoms with Gasteiger partial charge in [-0.3, -0.25) is 0 Å². The zero-order chi connectivity index (χ0) is 15.5. The highest BCUT2D eigenvalue weighted by molar-refractivity contribution is 6.50. The van der Waals surface area contributed by atoms with Gasteiger partial charge in [0, 0.05) is 31.8 Å². The molecule has 1 amide bonds. The number of rotatable bonds is 2. The molecule has 0 saturated carbocycles. The van der Waals surface area contributed by atoms with Gasteiger partial charge in [-0.25, -0.2) is 9.78 Å². The number of pyridine rings is 1. The molecule has 5 nitrogen and oxygen atoms in total. The van der Waals surface area contributed by atoms with Gasteiger partial charge in [0.1, 0.15) is 11.4 Å². The second-order valence-electron chi connectivity index (χ2n) is 6.30. The van der Waals surface area contributed by atoms with Crippen molar-refractivity contribution in [1.29, 1.82) is 0 Å². The van der Waals surface area contributed by atoms with Crippen molar-refractivity contribution in [3.05, 3.63) is 18.2 Å². The maximum absolute atomic E-state index is 12.0. The van der Waals surface area contributed by atoms with E-state index in [9.17, 15) is 4.79 Å². The summed E-state index contributed by atoms with van der Waals surface area (Å²) < 4.78 is 5.41. The molecule has 1 fully saturated rings. The van der Waals surface area contributed by atoms with E-state index in [0.717, 1.165) is 31.8 Å². The molecule has 0 aliphatic carbocycles. The summed E-state index contributed by atoms with van der Waals surface area (Å²) in [6, 6.07) is 6.12. The number of ether oxygens (including phenoxy) is 1. The SMILES string of the molecule is CBc1cccc(N2CCN(C(=O)OC(C)(C)C)CC2)n1. The molecule has 0 atom stereocenters. The van der Waals surface area contributed by atoms with E-state index in [1.54, 1.807) is 4.90 Å². The number of carbonyl (C=O) groups is 1. The van der Waals surface area contributed by atoms with Crippen LogP contribution in [0.15, 0.2) is 18.2 Å². The van der Waals surface area contributed by atoms with Crippen LogP contribution in [-0.2, 0) is 4.74 Å². The lowest BCUT2D eigenvalue weighted by Crippen LogP contribution is -2.50. The first-order valence-corrected chi connectivity index (χ1v) is 7.58. The van der Waals surface area contributed by atoms with E-state index < -0.39 is 5.60 Å². The zero-order valence-electron chi connectivity index (χ0n) is 13.4. The van der Waals surface area contributed by atoms with Crippen LogP contribution >= 0.6 is 0 Å². The van der Waals surface area contributed by atoms with Gasteiger partial charge in [0.05, 0.1) is 0 Å². The average molecular weight is 289 g/mol. The number of anilines is 1. The molecule has 0 radical (unpaired) electrons. The van der Waals surface area contributed by atoms with Crippen molar-refractivity contribution in [2.24, 2.45) is 0 Å². The van der Waals surface area contributed by atoms with Crippen LogP contribution in [0, 0.1) is 0 Å². The third-order valence-electron chi connectivity index (χ3n) is 3.41. The van der Waals surface area contributed by atoms with Crippen LogP contribution in [-0.4, -0.2) is 55.0 Å². The summed E-state index contributed by atoms with van der Waals surface area (Å²) in [7, 11) is 0.936. The van der Waals surface area contributed by atoms with Crippen LogP contribution in [0.5, 0.6) is 0 Å². The minimum absolute atomic E-state index is 0.225. The van der Waals surface area contributed by atoms with Gasteiger partial charge in [0.25, 0.3) is 0 Å². The van der Waals surface area contributed by atoms with Crippen LogP contribution in [0.3, 0.4) is 0 Å². The summed E-state index contributed by atoms with van der Waals surface area (Å²) in [6.45, 7) is 10.7. The molecule has 2 heterocycles. The number of amides is 1. The number of hydrogen-bond acceptors (Lipinski definition) is 4. The Bertz CT molecular complexity index is 494. The second kappa shape index (κ2) is 6.37. The first kappa shape index (κ1) is 15.7. The molecule has 0 unspecified atom stereocenters. The Morgan fingerprint density at radius 1 is 1.24 bits per heavy atom. The van der Waals surface area contributed by atoms with E-state index >= 15 is 0 Å². The van der Waals surface area contributed by atoms with E-state index in [0.29, 0.717) is 13.1 Å². The molecule has 0 aromatic carbocycles. The third-order valence-corrected chi connectivity index (χ3v) is 3.41. The number of carbonyl (C=O) groups excluding carboxylic acids is 1. The fourth-order valence-electron chi connectivity index (χ4n) is 2.28. The van der Waals surface area contributed by atoms with Gasteiger partial charge in [-0.2, -0.15) is 0 Å². The molecule has 0 bridgehead atoms. The normalized spacial score (nSPS) is 15.8. The lowest BCUT2D eigenvalue weighted by atomic mass is 9.78. The summed E-state index contributed by atoms with van der Waals surface area (Å²) >= 11 is 0. The standard InChI is InChI=1S/C15H24BN3O2/c1-15(2,3)21-14(20)19-10-8-18(9-11-19)13-7-5-6-12(16-4)17-13/h5-7,16H,8-11H2,1-4H3. The van der Waals surface area contributed by atoms with E-state index in [1.807, 2.05) is 39.0 Å². The minimum atomic E-state index is -0.439. The Hall–Kier alpha value is -1.72. The van der Waals surface area contributed by atoms with E-state index in [2.05, 4.69) is 16.7 Å². The molecular weight excluding hydrogens is 265 g/mol. The van der Waals surface area contributed by atoms with E-state index in [1.165, 1.54) is 0 Å². The smallest absolute Gasteiger partial charge is 0.410 e. The topological polar surface area (TPSA) is 45.7 Å². The van der Waals surface area contributed by atoms with Crippen molar-refractivity contribution in [3.8, 4) is 0 Å². The maximum atomic E-state index is 12.0. The maximum Gasteiger partial charge on any atom is 0.410 e. The quantitative estimate of drug-likeness (QED) is 0.769. The number of aromatic nitrogens is 1. The fraction of sp³-hybridized carbons (Fsp3) is 0.600. The van der Waals surface area contributed by atoms with Gasteiger partial charge in [0.15, 0.2) is 7.28 Å². The van der Waals surface area contributed by atoms with Crippen LogP contribution in [0.1, 0.15) is 20.8 Å². The highest BCUT2D eigenvalue weighted by atomic mass is 16.6. The summed E-state index contributed by atoms with van der Waals surface area (Å²) in [5.41, 5.74) is 0.660. The van der Waals surface area contributed by atoms with Crippen LogP contribution in [0.4, 0.5) is 10.6 Å². The van der Waals surface area contributed by atoms with Crippen LogP contribution in [0.2, 0.25) is 6.82 Å². The Labute approximate surface area is 127 Å². The largest absolute Gasteiger partial charge is 0.444 e. The summed E-state index contributed by atoms with van der Waals surface area (Å²) in [6.07, 6.45) is -0.225. The van der Waals surface area contributed by atoms with Gasteiger partial charge in [-0.1, -0.05) is 19.0 Å². The average Bonchev–Trinajstić information content (AvgIpc) is 2.46. The monoisotopic (exact) mass is 289 g/mol. The number of piperazine rings is 1. The molecule has 0 spiro atoms. The molecule has 114 valence electrons. The Balaban J connectivity index is 1.92. The molecule has 6 heteroatoms. The Kier molecular flexibility index (Phi) is 4.75. The van der Waals surface area contributed by atoms with Gasteiger partial charge in [-0.05, 0) is 26.8 Å². The first-order valence-electron chi connectivity index (χ1n) is 7.58. The molecule has 0 N–H and O–H groups in total. The summed E-state index contributed by atoms with van der Waals surface area (Å²) in [5.74, 6) is 0.998. The molecule has 1 aromatic heterocycles. The summed E-state index contributed by atoms with van der Waals surface area (Å²) in [4.78, 5) is 20.7. The highest BCUT2D eigenvalue weighted by Crippen LogP contribution is 2.15. The lowest BCUT2D eigenvalue weighted by Gasteiger charge is -2.36. The van der Waals surface area contributed by atoms with Gasteiger partial charge >= 0.3 is 6.09 Å². The van der Waals surface area contributed by atoms with Crippen molar-refractivity contribution in [2.45, 2.75) is 33.2 Å². The van der Waals surface area contributed by atoms with Crippen molar-refractivity contribution < 1.29 is 9.53 Å². The minimum Gasteiger partial charge on any atom is -0.444 e. The van der Waals surface area contributed by atoms with Crippen molar-refractivity contribution in [3.63, 3.8) is 0 Å². The van der Waals surface area contributed by atoms with Gasteiger partial charge < -0.3 is 14.5 Å². The Morgan fingerprint density at radius 2 is 1.90 bits per heavy atom. The fourth-order valence-corrected chi connectivity index (χ4v) is 2.28. The third kappa shape index (κ3) is 4.38. The molecule has 21 heavy (non-hydrogen) atoms. The van der Waals surface area contributed by atoms with Crippen molar-refractivity contribution >= 4 is 24.8 Å².